The summed E-state index contributed by atoms with van der Waals surface area (Å²) < 4.78 is 30.0. The number of ether oxygens (including phenoxy) is 1. The Labute approximate surface area is 154 Å². The number of methoxy groups -OCH3 is 1. The van der Waals surface area contributed by atoms with Gasteiger partial charge in [-0.25, -0.2) is 19.2 Å². The van der Waals surface area contributed by atoms with Crippen molar-refractivity contribution in [3.8, 4) is 0 Å². The van der Waals surface area contributed by atoms with Gasteiger partial charge in [0.2, 0.25) is 10.0 Å². The Morgan fingerprint density at radius 1 is 1.42 bits per heavy atom. The standard InChI is InChI=1S/C16H27N5O4S/c1-11-7-13(11)10-21(5-6-25-3)15-9-12(16(22)19-17)8-14(18-15)20(2)26(4,23)24/h8-9,11,13H,5-7,10,17H2,1-4H3,(H,19,22). The lowest BCUT2D eigenvalue weighted by molar-refractivity contribution is 0.0953. The van der Waals surface area contributed by atoms with Crippen LogP contribution in [0.3, 0.4) is 0 Å². The molecule has 1 heterocycles. The van der Waals surface area contributed by atoms with E-state index in [1.54, 1.807) is 13.2 Å². The number of nitrogen functional groups attached to an aromatic ring is 1. The smallest absolute Gasteiger partial charge is 0.265 e. The van der Waals surface area contributed by atoms with Gasteiger partial charge in [-0.2, -0.15) is 0 Å². The van der Waals surface area contributed by atoms with Gasteiger partial charge in [-0.05, 0) is 30.4 Å². The number of anilines is 2. The molecule has 1 aliphatic rings. The van der Waals surface area contributed by atoms with Crippen LogP contribution in [-0.2, 0) is 14.8 Å². The van der Waals surface area contributed by atoms with Gasteiger partial charge in [-0.15, -0.1) is 0 Å². The molecule has 9 nitrogen and oxygen atoms in total. The van der Waals surface area contributed by atoms with Crippen LogP contribution in [-0.4, -0.2) is 59.4 Å². The summed E-state index contributed by atoms with van der Waals surface area (Å²) >= 11 is 0. The van der Waals surface area contributed by atoms with Crippen LogP contribution in [0.15, 0.2) is 12.1 Å². The molecule has 1 aromatic heterocycles. The molecule has 1 fully saturated rings. The molecule has 2 atom stereocenters. The van der Waals surface area contributed by atoms with Crippen molar-refractivity contribution in [1.82, 2.24) is 10.4 Å². The van der Waals surface area contributed by atoms with E-state index in [0.29, 0.717) is 30.8 Å². The van der Waals surface area contributed by atoms with Crippen molar-refractivity contribution >= 4 is 27.6 Å². The van der Waals surface area contributed by atoms with Crippen molar-refractivity contribution in [2.24, 2.45) is 17.7 Å². The molecule has 10 heteroatoms. The minimum atomic E-state index is -3.52. The maximum Gasteiger partial charge on any atom is 0.265 e. The number of hydrogen-bond acceptors (Lipinski definition) is 7. The van der Waals surface area contributed by atoms with Crippen molar-refractivity contribution in [1.29, 1.82) is 0 Å². The molecule has 0 radical (unpaired) electrons. The molecule has 1 aromatic rings. The maximum absolute atomic E-state index is 12.0. The van der Waals surface area contributed by atoms with E-state index in [2.05, 4.69) is 17.3 Å². The van der Waals surface area contributed by atoms with E-state index in [1.807, 2.05) is 4.90 Å². The Bertz CT molecular complexity index is 755. The Kier molecular flexibility index (Phi) is 6.43. The first-order valence-corrected chi connectivity index (χ1v) is 10.2. The monoisotopic (exact) mass is 385 g/mol. The first-order chi connectivity index (χ1) is 12.2. The van der Waals surface area contributed by atoms with Crippen molar-refractivity contribution < 1.29 is 17.9 Å². The fourth-order valence-electron chi connectivity index (χ4n) is 2.65. The largest absolute Gasteiger partial charge is 0.383 e. The third-order valence-electron chi connectivity index (χ3n) is 4.63. The summed E-state index contributed by atoms with van der Waals surface area (Å²) in [5.41, 5.74) is 2.32. The minimum Gasteiger partial charge on any atom is -0.383 e. The number of amides is 1. The highest BCUT2D eigenvalue weighted by Gasteiger charge is 2.34. The molecule has 0 saturated heterocycles. The number of carbonyl (C=O) groups excluding carboxylic acids is 1. The Morgan fingerprint density at radius 2 is 2.04 bits per heavy atom. The second-order valence-corrected chi connectivity index (χ2v) is 8.70. The van der Waals surface area contributed by atoms with E-state index in [4.69, 9.17) is 10.6 Å². The van der Waals surface area contributed by atoms with Crippen molar-refractivity contribution in [3.05, 3.63) is 17.7 Å². The first kappa shape index (κ1) is 20.4. The molecule has 0 bridgehead atoms. The summed E-state index contributed by atoms with van der Waals surface area (Å²) in [6.45, 7) is 4.04. The number of rotatable bonds is 9. The highest BCUT2D eigenvalue weighted by atomic mass is 32.2. The predicted octanol–water partition coefficient (Wildman–Crippen LogP) is 0.190. The van der Waals surface area contributed by atoms with Gasteiger partial charge in [-0.3, -0.25) is 14.5 Å². The number of aromatic nitrogens is 1. The lowest BCUT2D eigenvalue weighted by Gasteiger charge is -2.26. The molecule has 1 saturated carbocycles. The fourth-order valence-corrected chi connectivity index (χ4v) is 3.08. The van der Waals surface area contributed by atoms with Gasteiger partial charge >= 0.3 is 0 Å². The molecule has 3 N–H and O–H groups in total. The number of hydrogen-bond donors (Lipinski definition) is 2. The third-order valence-corrected chi connectivity index (χ3v) is 5.81. The van der Waals surface area contributed by atoms with Gasteiger partial charge in [0.25, 0.3) is 5.91 Å². The van der Waals surface area contributed by atoms with Crippen LogP contribution in [0, 0.1) is 11.8 Å². The molecule has 0 spiro atoms. The van der Waals surface area contributed by atoms with Crippen molar-refractivity contribution in [3.63, 3.8) is 0 Å². The van der Waals surface area contributed by atoms with E-state index in [0.717, 1.165) is 23.5 Å². The van der Waals surface area contributed by atoms with Gasteiger partial charge in [0.05, 0.1) is 12.9 Å². The van der Waals surface area contributed by atoms with E-state index in [9.17, 15) is 13.2 Å². The van der Waals surface area contributed by atoms with Gasteiger partial charge in [0.15, 0.2) is 0 Å². The number of nitrogens with one attached hydrogen (secondary N) is 1. The lowest BCUT2D eigenvalue weighted by Crippen LogP contribution is -2.34. The summed E-state index contributed by atoms with van der Waals surface area (Å²) in [5.74, 6) is 6.62. The van der Waals surface area contributed by atoms with Gasteiger partial charge < -0.3 is 9.64 Å². The zero-order valence-electron chi connectivity index (χ0n) is 15.6. The normalized spacial score (nSPS) is 19.1. The average Bonchev–Trinajstić information content (AvgIpc) is 3.30. The second-order valence-electron chi connectivity index (χ2n) is 6.69. The molecule has 2 unspecified atom stereocenters. The maximum atomic E-state index is 12.0. The van der Waals surface area contributed by atoms with Crippen LogP contribution >= 0.6 is 0 Å². The number of hydrazine groups is 1. The Balaban J connectivity index is 2.43. The summed E-state index contributed by atoms with van der Waals surface area (Å²) in [6.07, 6.45) is 2.22. The summed E-state index contributed by atoms with van der Waals surface area (Å²) in [5, 5.41) is 0. The third kappa shape index (κ3) is 5.05. The van der Waals surface area contributed by atoms with Crippen LogP contribution in [0.1, 0.15) is 23.7 Å². The van der Waals surface area contributed by atoms with E-state index >= 15 is 0 Å². The lowest BCUT2D eigenvalue weighted by atomic mass is 10.2. The van der Waals surface area contributed by atoms with Crippen LogP contribution in [0.25, 0.3) is 0 Å². The Morgan fingerprint density at radius 3 is 2.54 bits per heavy atom. The average molecular weight is 385 g/mol. The molecule has 0 aromatic carbocycles. The zero-order chi connectivity index (χ0) is 19.5. The summed E-state index contributed by atoms with van der Waals surface area (Å²) in [7, 11) is -0.505. The SMILES string of the molecule is COCCN(CC1CC1C)c1cc(C(=O)NN)cc(N(C)S(C)(=O)=O)n1. The van der Waals surface area contributed by atoms with Gasteiger partial charge in [-0.1, -0.05) is 6.92 Å². The minimum absolute atomic E-state index is 0.162. The van der Waals surface area contributed by atoms with E-state index in [1.165, 1.54) is 13.1 Å². The van der Waals surface area contributed by atoms with Crippen molar-refractivity contribution in [2.45, 2.75) is 13.3 Å². The van der Waals surface area contributed by atoms with E-state index in [-0.39, 0.29) is 11.4 Å². The first-order valence-electron chi connectivity index (χ1n) is 8.38. The summed E-state index contributed by atoms with van der Waals surface area (Å²) in [6, 6.07) is 3.02. The van der Waals surface area contributed by atoms with E-state index < -0.39 is 15.9 Å². The second kappa shape index (κ2) is 8.19. The molecule has 1 amide bonds. The van der Waals surface area contributed by atoms with Gasteiger partial charge in [0.1, 0.15) is 11.6 Å². The molecule has 26 heavy (non-hydrogen) atoms. The van der Waals surface area contributed by atoms with Crippen LogP contribution in [0.4, 0.5) is 11.6 Å². The summed E-state index contributed by atoms with van der Waals surface area (Å²) in [4.78, 5) is 18.5. The highest BCUT2D eigenvalue weighted by Crippen LogP contribution is 2.39. The van der Waals surface area contributed by atoms with Crippen LogP contribution < -0.4 is 20.5 Å². The highest BCUT2D eigenvalue weighted by molar-refractivity contribution is 7.92. The fraction of sp³-hybridized carbons (Fsp3) is 0.625. The van der Waals surface area contributed by atoms with Crippen LogP contribution in [0.5, 0.6) is 0 Å². The van der Waals surface area contributed by atoms with Crippen molar-refractivity contribution in [2.75, 3.05) is 49.3 Å². The number of carbonyl (C=O) groups is 1. The Hall–Kier alpha value is -1.91. The molecular weight excluding hydrogens is 358 g/mol. The van der Waals surface area contributed by atoms with Gasteiger partial charge in [0, 0.05) is 32.8 Å². The molecule has 2 rings (SSSR count). The van der Waals surface area contributed by atoms with Crippen LogP contribution in [0.2, 0.25) is 0 Å². The number of nitrogens with two attached hydrogens (primary N) is 1. The zero-order valence-corrected chi connectivity index (χ0v) is 16.4. The molecule has 0 aliphatic heterocycles. The molecular formula is C16H27N5O4S. The quantitative estimate of drug-likeness (QED) is 0.354. The topological polar surface area (TPSA) is 118 Å². The number of nitrogens with zero attached hydrogens (tertiary/aromatic N) is 3. The molecule has 146 valence electrons. The predicted molar refractivity (Wildman–Crippen MR) is 100 cm³/mol. The molecule has 1 aliphatic carbocycles. The number of sulfonamides is 1. The number of pyridine rings is 1.